The van der Waals surface area contributed by atoms with Crippen molar-refractivity contribution in [1.82, 2.24) is 0 Å². The van der Waals surface area contributed by atoms with E-state index in [0.717, 1.165) is 5.56 Å². The Hall–Kier alpha value is -5.09. The smallest absolute Gasteiger partial charge is 0.336 e. The zero-order chi connectivity index (χ0) is 24.6. The van der Waals surface area contributed by atoms with Gasteiger partial charge in [-0.15, -0.1) is 0 Å². The van der Waals surface area contributed by atoms with Gasteiger partial charge in [-0.3, -0.25) is 4.79 Å². The number of carbonyl (C=O) groups is 2. The number of carbonyl (C=O) groups excluding carboxylic acids is 1. The molecule has 172 valence electrons. The van der Waals surface area contributed by atoms with Crippen LogP contribution >= 0.6 is 0 Å². The van der Waals surface area contributed by atoms with E-state index in [4.69, 9.17) is 9.15 Å². The summed E-state index contributed by atoms with van der Waals surface area (Å²) in [7, 11) is 0. The molecule has 0 aliphatic carbocycles. The van der Waals surface area contributed by atoms with Crippen LogP contribution in [0.25, 0.3) is 17.4 Å². The Morgan fingerprint density at radius 2 is 1.66 bits per heavy atom. The number of nitriles is 1. The minimum atomic E-state index is -1.08. The molecule has 4 aromatic rings. The first-order valence-electron chi connectivity index (χ1n) is 10.7. The van der Waals surface area contributed by atoms with Crippen molar-refractivity contribution in [3.63, 3.8) is 0 Å². The second kappa shape index (κ2) is 10.7. The molecule has 0 radical (unpaired) electrons. The van der Waals surface area contributed by atoms with Gasteiger partial charge in [0.2, 0.25) is 0 Å². The molecule has 3 aromatic carbocycles. The number of anilines is 1. The maximum absolute atomic E-state index is 12.6. The van der Waals surface area contributed by atoms with Crippen LogP contribution < -0.4 is 10.1 Å². The fourth-order valence-electron chi connectivity index (χ4n) is 3.32. The van der Waals surface area contributed by atoms with Crippen molar-refractivity contribution in [3.8, 4) is 23.1 Å². The van der Waals surface area contributed by atoms with Gasteiger partial charge in [-0.1, -0.05) is 48.5 Å². The molecule has 0 aliphatic rings. The average Bonchev–Trinajstić information content (AvgIpc) is 3.36. The van der Waals surface area contributed by atoms with Crippen LogP contribution in [-0.4, -0.2) is 17.0 Å². The summed E-state index contributed by atoms with van der Waals surface area (Å²) >= 11 is 0. The van der Waals surface area contributed by atoms with Crippen LogP contribution in [0.15, 0.2) is 101 Å². The third-order valence-electron chi connectivity index (χ3n) is 5.06. The number of benzene rings is 3. The minimum Gasteiger partial charge on any atom is -0.489 e. The summed E-state index contributed by atoms with van der Waals surface area (Å²) in [5, 5.41) is 21.5. The topological polar surface area (TPSA) is 113 Å². The first kappa shape index (κ1) is 23.1. The van der Waals surface area contributed by atoms with E-state index in [1.807, 2.05) is 36.4 Å². The first-order chi connectivity index (χ1) is 17.0. The van der Waals surface area contributed by atoms with Crippen LogP contribution in [0.5, 0.6) is 5.75 Å². The molecular weight excluding hydrogens is 444 g/mol. The minimum absolute atomic E-state index is 0.0897. The summed E-state index contributed by atoms with van der Waals surface area (Å²) < 4.78 is 11.4. The van der Waals surface area contributed by atoms with Gasteiger partial charge in [-0.25, -0.2) is 4.79 Å². The molecule has 1 amide bonds. The van der Waals surface area contributed by atoms with Crippen molar-refractivity contribution in [2.45, 2.75) is 6.61 Å². The number of ether oxygens (including phenoxy) is 1. The molecule has 0 saturated heterocycles. The van der Waals surface area contributed by atoms with Crippen LogP contribution in [0.3, 0.4) is 0 Å². The van der Waals surface area contributed by atoms with Crippen LogP contribution in [0.2, 0.25) is 0 Å². The van der Waals surface area contributed by atoms with Gasteiger partial charge in [0.25, 0.3) is 5.91 Å². The molecule has 7 heteroatoms. The number of hydrogen-bond donors (Lipinski definition) is 2. The number of nitrogens with zero attached hydrogens (tertiary/aromatic N) is 1. The summed E-state index contributed by atoms with van der Waals surface area (Å²) in [6, 6.07) is 28.0. The molecule has 1 aromatic heterocycles. The van der Waals surface area contributed by atoms with Crippen molar-refractivity contribution < 1.29 is 23.8 Å². The molecule has 1 heterocycles. The van der Waals surface area contributed by atoms with Gasteiger partial charge >= 0.3 is 5.97 Å². The number of hydrogen-bond acceptors (Lipinski definition) is 5. The summed E-state index contributed by atoms with van der Waals surface area (Å²) in [5.74, 6) is -0.473. The van der Waals surface area contributed by atoms with Gasteiger partial charge < -0.3 is 19.6 Å². The molecule has 0 saturated carbocycles. The van der Waals surface area contributed by atoms with Crippen molar-refractivity contribution in [1.29, 1.82) is 5.26 Å². The van der Waals surface area contributed by atoms with Crippen LogP contribution in [0, 0.1) is 11.3 Å². The standard InChI is InChI=1S/C28H20N2O5/c29-17-20(16-23-14-15-26(35-23)24-8-4-5-9-25(24)28(32)33)27(31)30-21-10-12-22(13-11-21)34-18-19-6-2-1-3-7-19/h1-16H,18H2,(H,30,31)(H,32,33)/b20-16+. The first-order valence-corrected chi connectivity index (χ1v) is 10.7. The predicted octanol–water partition coefficient (Wildman–Crippen LogP) is 5.77. The molecule has 0 atom stereocenters. The quantitative estimate of drug-likeness (QED) is 0.253. The lowest BCUT2D eigenvalue weighted by atomic mass is 10.1. The number of carboxylic acids is 1. The van der Waals surface area contributed by atoms with Crippen molar-refractivity contribution in [3.05, 3.63) is 113 Å². The molecule has 35 heavy (non-hydrogen) atoms. The molecule has 7 nitrogen and oxygen atoms in total. The summed E-state index contributed by atoms with van der Waals surface area (Å²) in [6.07, 6.45) is 1.31. The van der Waals surface area contributed by atoms with E-state index in [0.29, 0.717) is 29.4 Å². The highest BCUT2D eigenvalue weighted by Crippen LogP contribution is 2.27. The largest absolute Gasteiger partial charge is 0.489 e. The molecule has 4 rings (SSSR count). The maximum atomic E-state index is 12.6. The Balaban J connectivity index is 1.42. The molecular formula is C28H20N2O5. The number of nitrogens with one attached hydrogen (secondary N) is 1. The summed E-state index contributed by atoms with van der Waals surface area (Å²) in [5.41, 5.74) is 1.87. The molecule has 0 fully saturated rings. The third kappa shape index (κ3) is 5.83. The van der Waals surface area contributed by atoms with Gasteiger partial charge in [0, 0.05) is 17.3 Å². The zero-order valence-corrected chi connectivity index (χ0v) is 18.5. The van der Waals surface area contributed by atoms with E-state index in [1.165, 1.54) is 12.1 Å². The fraction of sp³-hybridized carbons (Fsp3) is 0.0357. The van der Waals surface area contributed by atoms with E-state index in [1.54, 1.807) is 54.6 Å². The number of aromatic carboxylic acids is 1. The molecule has 0 unspecified atom stereocenters. The molecule has 0 bridgehead atoms. The second-order valence-electron chi connectivity index (χ2n) is 7.48. The highest BCUT2D eigenvalue weighted by atomic mass is 16.5. The molecule has 2 N–H and O–H groups in total. The van der Waals surface area contributed by atoms with Crippen molar-refractivity contribution in [2.24, 2.45) is 0 Å². The Bertz CT molecular complexity index is 1410. The van der Waals surface area contributed by atoms with Crippen LogP contribution in [0.1, 0.15) is 21.7 Å². The van der Waals surface area contributed by atoms with Gasteiger partial charge in [0.05, 0.1) is 5.56 Å². The highest BCUT2D eigenvalue weighted by Gasteiger charge is 2.15. The van der Waals surface area contributed by atoms with E-state index in [9.17, 15) is 20.0 Å². The van der Waals surface area contributed by atoms with Gasteiger partial charge in [-0.05, 0) is 48.0 Å². The van der Waals surface area contributed by atoms with Crippen LogP contribution in [0.4, 0.5) is 5.69 Å². The summed E-state index contributed by atoms with van der Waals surface area (Å²) in [6.45, 7) is 0.427. The Morgan fingerprint density at radius 3 is 2.37 bits per heavy atom. The van der Waals surface area contributed by atoms with Crippen molar-refractivity contribution >= 4 is 23.6 Å². The number of rotatable bonds is 8. The highest BCUT2D eigenvalue weighted by molar-refractivity contribution is 6.09. The lowest BCUT2D eigenvalue weighted by Crippen LogP contribution is -2.13. The van der Waals surface area contributed by atoms with E-state index < -0.39 is 11.9 Å². The number of amides is 1. The monoisotopic (exact) mass is 464 g/mol. The summed E-state index contributed by atoms with van der Waals surface area (Å²) in [4.78, 5) is 24.1. The lowest BCUT2D eigenvalue weighted by molar-refractivity contribution is -0.112. The Morgan fingerprint density at radius 1 is 0.943 bits per heavy atom. The number of carboxylic acid groups (broad SMARTS) is 1. The second-order valence-corrected chi connectivity index (χ2v) is 7.48. The normalized spacial score (nSPS) is 10.9. The van der Waals surface area contributed by atoms with E-state index >= 15 is 0 Å². The van der Waals surface area contributed by atoms with Gasteiger partial charge in [0.1, 0.15) is 35.5 Å². The lowest BCUT2D eigenvalue weighted by Gasteiger charge is -2.08. The zero-order valence-electron chi connectivity index (χ0n) is 18.5. The SMILES string of the molecule is N#C/C(=C\c1ccc(-c2ccccc2C(=O)O)o1)C(=O)Nc1ccc(OCc2ccccc2)cc1. The van der Waals surface area contributed by atoms with Crippen molar-refractivity contribution in [2.75, 3.05) is 5.32 Å². The Kier molecular flexibility index (Phi) is 7.05. The fourth-order valence-corrected chi connectivity index (χ4v) is 3.32. The number of furan rings is 1. The van der Waals surface area contributed by atoms with E-state index in [-0.39, 0.29) is 16.9 Å². The van der Waals surface area contributed by atoms with E-state index in [2.05, 4.69) is 5.32 Å². The Labute approximate surface area is 201 Å². The molecule has 0 aliphatic heterocycles. The maximum Gasteiger partial charge on any atom is 0.336 e. The van der Waals surface area contributed by atoms with Crippen LogP contribution in [-0.2, 0) is 11.4 Å². The average molecular weight is 464 g/mol. The van der Waals surface area contributed by atoms with Gasteiger partial charge in [-0.2, -0.15) is 5.26 Å². The molecule has 0 spiro atoms. The predicted molar refractivity (Wildman–Crippen MR) is 131 cm³/mol. The third-order valence-corrected chi connectivity index (χ3v) is 5.06. The van der Waals surface area contributed by atoms with Gasteiger partial charge in [0.15, 0.2) is 0 Å².